The molecule has 0 saturated carbocycles. The van der Waals surface area contributed by atoms with Crippen molar-refractivity contribution in [3.63, 3.8) is 0 Å². The molecular weight excluding hydrogens is 384 g/mol. The van der Waals surface area contributed by atoms with Crippen LogP contribution in [0.15, 0.2) is 23.0 Å². The smallest absolute Gasteiger partial charge is 0.262 e. The number of rotatable bonds is 8. The number of nitrogens with two attached hydrogens (primary N) is 1. The summed E-state index contributed by atoms with van der Waals surface area (Å²) in [4.78, 5) is 53.8. The Hall–Kier alpha value is -3.03. The molecule has 1 aromatic carbocycles. The van der Waals surface area contributed by atoms with Gasteiger partial charge in [-0.3, -0.25) is 29.1 Å². The molecule has 2 unspecified atom stereocenters. The average Bonchev–Trinajstić information content (AvgIpc) is 2.68. The van der Waals surface area contributed by atoms with E-state index in [2.05, 4.69) is 17.2 Å². The summed E-state index contributed by atoms with van der Waals surface area (Å²) in [6, 6.07) is 4.59. The minimum atomic E-state index is -0.781. The van der Waals surface area contributed by atoms with Gasteiger partial charge in [-0.25, -0.2) is 4.98 Å². The van der Waals surface area contributed by atoms with Gasteiger partial charge in [0.15, 0.2) is 0 Å². The molecular formula is C22H28N4O4. The van der Waals surface area contributed by atoms with Crippen LogP contribution < -0.4 is 16.6 Å². The number of carbonyl (C=O) groups excluding carboxylic acids is 3. The van der Waals surface area contributed by atoms with E-state index >= 15 is 0 Å². The van der Waals surface area contributed by atoms with E-state index in [4.69, 9.17) is 5.73 Å². The summed E-state index contributed by atoms with van der Waals surface area (Å²) in [5.74, 6) is -1.17. The molecule has 1 fully saturated rings. The lowest BCUT2D eigenvalue weighted by molar-refractivity contribution is -0.135. The number of imide groups is 1. The molecule has 160 valence electrons. The SMILES string of the molecule is CCCCCC(Cc1cccc2nc(C)n(C3CCC(=O)NC3=O)c(=O)c12)C(N)=O. The third-order valence-corrected chi connectivity index (χ3v) is 5.74. The Morgan fingerprint density at radius 1 is 1.30 bits per heavy atom. The van der Waals surface area contributed by atoms with Crippen LogP contribution in [0.2, 0.25) is 0 Å². The summed E-state index contributed by atoms with van der Waals surface area (Å²) >= 11 is 0. The summed E-state index contributed by atoms with van der Waals surface area (Å²) in [7, 11) is 0. The zero-order valence-electron chi connectivity index (χ0n) is 17.4. The molecule has 2 aromatic rings. The molecule has 1 aromatic heterocycles. The lowest BCUT2D eigenvalue weighted by Gasteiger charge is -2.25. The minimum Gasteiger partial charge on any atom is -0.369 e. The van der Waals surface area contributed by atoms with Gasteiger partial charge in [-0.05, 0) is 37.8 Å². The normalized spacial score (nSPS) is 17.7. The summed E-state index contributed by atoms with van der Waals surface area (Å²) in [5, 5.41) is 2.69. The van der Waals surface area contributed by atoms with Crippen molar-refractivity contribution in [3.8, 4) is 0 Å². The maximum absolute atomic E-state index is 13.5. The van der Waals surface area contributed by atoms with Crippen molar-refractivity contribution >= 4 is 28.6 Å². The van der Waals surface area contributed by atoms with E-state index in [1.54, 1.807) is 13.0 Å². The van der Waals surface area contributed by atoms with Gasteiger partial charge >= 0.3 is 0 Å². The Bertz CT molecular complexity index is 1040. The van der Waals surface area contributed by atoms with E-state index in [1.807, 2.05) is 12.1 Å². The van der Waals surface area contributed by atoms with E-state index in [0.717, 1.165) is 19.3 Å². The maximum Gasteiger partial charge on any atom is 0.262 e. The Kier molecular flexibility index (Phi) is 6.64. The Balaban J connectivity index is 2.04. The average molecular weight is 412 g/mol. The summed E-state index contributed by atoms with van der Waals surface area (Å²) in [5.41, 5.74) is 6.52. The van der Waals surface area contributed by atoms with Gasteiger partial charge < -0.3 is 5.73 Å². The summed E-state index contributed by atoms with van der Waals surface area (Å²) in [6.07, 6.45) is 4.39. The largest absolute Gasteiger partial charge is 0.369 e. The first-order chi connectivity index (χ1) is 14.3. The number of primary amides is 1. The first kappa shape index (κ1) is 21.7. The van der Waals surface area contributed by atoms with Gasteiger partial charge in [0.25, 0.3) is 5.56 Å². The van der Waals surface area contributed by atoms with Gasteiger partial charge in [-0.1, -0.05) is 38.3 Å². The zero-order valence-corrected chi connectivity index (χ0v) is 17.4. The number of fused-ring (bicyclic) bond motifs is 1. The molecule has 0 spiro atoms. The predicted octanol–water partition coefficient (Wildman–Crippen LogP) is 1.91. The molecule has 0 radical (unpaired) electrons. The van der Waals surface area contributed by atoms with Crippen LogP contribution in [0.25, 0.3) is 10.9 Å². The summed E-state index contributed by atoms with van der Waals surface area (Å²) in [6.45, 7) is 3.77. The molecule has 8 nitrogen and oxygen atoms in total. The monoisotopic (exact) mass is 412 g/mol. The van der Waals surface area contributed by atoms with E-state index in [0.29, 0.717) is 35.1 Å². The zero-order chi connectivity index (χ0) is 21.8. The van der Waals surface area contributed by atoms with Crippen LogP contribution in [0.4, 0.5) is 0 Å². The van der Waals surface area contributed by atoms with E-state index < -0.39 is 11.9 Å². The van der Waals surface area contributed by atoms with Gasteiger partial charge in [0.1, 0.15) is 11.9 Å². The van der Waals surface area contributed by atoms with Crippen molar-refractivity contribution in [2.75, 3.05) is 0 Å². The van der Waals surface area contributed by atoms with Crippen molar-refractivity contribution in [1.29, 1.82) is 0 Å². The van der Waals surface area contributed by atoms with Crippen molar-refractivity contribution in [2.45, 2.75) is 64.8 Å². The maximum atomic E-state index is 13.5. The van der Waals surface area contributed by atoms with Gasteiger partial charge in [0.2, 0.25) is 17.7 Å². The van der Waals surface area contributed by atoms with E-state index in [9.17, 15) is 19.2 Å². The molecule has 3 N–H and O–H groups in total. The standard InChI is InChI=1S/C22H28N4O4/c1-3-4-5-7-15(20(23)28)12-14-8-6-9-16-19(14)22(30)26(13(2)24-16)17-10-11-18(27)25-21(17)29/h6,8-9,15,17H,3-5,7,10-12H2,1-2H3,(H2,23,28)(H,25,27,29). The molecule has 1 aliphatic rings. The first-order valence-corrected chi connectivity index (χ1v) is 10.5. The van der Waals surface area contributed by atoms with E-state index in [1.165, 1.54) is 4.57 Å². The lowest BCUT2D eigenvalue weighted by Crippen LogP contribution is -2.45. The number of benzene rings is 1. The molecule has 30 heavy (non-hydrogen) atoms. The second-order valence-corrected chi connectivity index (χ2v) is 7.91. The van der Waals surface area contributed by atoms with Crippen molar-refractivity contribution in [2.24, 2.45) is 11.7 Å². The second-order valence-electron chi connectivity index (χ2n) is 7.91. The van der Waals surface area contributed by atoms with Gasteiger partial charge in [-0.2, -0.15) is 0 Å². The number of hydrogen-bond acceptors (Lipinski definition) is 5. The van der Waals surface area contributed by atoms with Crippen molar-refractivity contribution in [3.05, 3.63) is 39.9 Å². The van der Waals surface area contributed by atoms with Crippen molar-refractivity contribution in [1.82, 2.24) is 14.9 Å². The van der Waals surface area contributed by atoms with Crippen LogP contribution in [-0.2, 0) is 20.8 Å². The molecule has 3 amide bonds. The van der Waals surface area contributed by atoms with Gasteiger partial charge in [-0.15, -0.1) is 0 Å². The highest BCUT2D eigenvalue weighted by Crippen LogP contribution is 2.24. The topological polar surface area (TPSA) is 124 Å². The molecule has 8 heteroatoms. The molecule has 0 bridgehead atoms. The van der Waals surface area contributed by atoms with E-state index in [-0.39, 0.29) is 36.1 Å². The minimum absolute atomic E-state index is 0.170. The molecule has 1 aliphatic heterocycles. The fraction of sp³-hybridized carbons (Fsp3) is 0.500. The number of piperidine rings is 1. The number of carbonyl (C=O) groups is 3. The van der Waals surface area contributed by atoms with Gasteiger partial charge in [0.05, 0.1) is 10.9 Å². The van der Waals surface area contributed by atoms with Crippen molar-refractivity contribution < 1.29 is 14.4 Å². The number of hydrogen-bond donors (Lipinski definition) is 2. The molecule has 2 atom stereocenters. The van der Waals surface area contributed by atoms with Crippen LogP contribution in [0.1, 0.15) is 62.9 Å². The van der Waals surface area contributed by atoms with Gasteiger partial charge in [0, 0.05) is 12.3 Å². The Morgan fingerprint density at radius 3 is 2.73 bits per heavy atom. The molecule has 2 heterocycles. The predicted molar refractivity (Wildman–Crippen MR) is 113 cm³/mol. The Labute approximate surface area is 174 Å². The molecule has 3 rings (SSSR count). The fourth-order valence-electron chi connectivity index (χ4n) is 4.14. The van der Waals surface area contributed by atoms with Crippen LogP contribution in [0, 0.1) is 12.8 Å². The number of unbranched alkanes of at least 4 members (excludes halogenated alkanes) is 2. The first-order valence-electron chi connectivity index (χ1n) is 10.5. The molecule has 1 saturated heterocycles. The third kappa shape index (κ3) is 4.42. The fourth-order valence-corrected chi connectivity index (χ4v) is 4.14. The second kappa shape index (κ2) is 9.19. The van der Waals surface area contributed by atoms with Crippen LogP contribution in [0.5, 0.6) is 0 Å². The lowest BCUT2D eigenvalue weighted by atomic mass is 9.91. The van der Waals surface area contributed by atoms with Crippen LogP contribution in [0.3, 0.4) is 0 Å². The molecule has 0 aliphatic carbocycles. The van der Waals surface area contributed by atoms with Crippen LogP contribution >= 0.6 is 0 Å². The number of nitrogens with one attached hydrogen (secondary N) is 1. The highest BCUT2D eigenvalue weighted by Gasteiger charge is 2.31. The highest BCUT2D eigenvalue weighted by molar-refractivity contribution is 5.99. The number of nitrogens with zero attached hydrogens (tertiary/aromatic N) is 2. The number of aromatic nitrogens is 2. The Morgan fingerprint density at radius 2 is 2.07 bits per heavy atom. The highest BCUT2D eigenvalue weighted by atomic mass is 16.2. The third-order valence-electron chi connectivity index (χ3n) is 5.74. The number of aryl methyl sites for hydroxylation is 1. The van der Waals surface area contributed by atoms with Crippen LogP contribution in [-0.4, -0.2) is 27.3 Å². The summed E-state index contributed by atoms with van der Waals surface area (Å²) < 4.78 is 1.37. The quantitative estimate of drug-likeness (QED) is 0.506. The number of amides is 3.